The maximum Gasteiger partial charge on any atom is 0.122 e. The van der Waals surface area contributed by atoms with Crippen molar-refractivity contribution < 1.29 is 4.74 Å². The Kier molecular flexibility index (Phi) is 6.12. The molecular weight excluding hydrogens is 278 g/mol. The van der Waals surface area contributed by atoms with Crippen LogP contribution in [0.2, 0.25) is 0 Å². The molecule has 2 rings (SSSR count). The van der Waals surface area contributed by atoms with Crippen LogP contribution in [0.3, 0.4) is 0 Å². The molecule has 3 heteroatoms. The maximum absolute atomic E-state index is 6.19. The minimum absolute atomic E-state index is 0.849. The second-order valence-corrected chi connectivity index (χ2v) is 6.57. The van der Waals surface area contributed by atoms with Gasteiger partial charge in [0.25, 0.3) is 0 Å². The van der Waals surface area contributed by atoms with Crippen LogP contribution in [0.1, 0.15) is 48.6 Å². The van der Waals surface area contributed by atoms with Crippen LogP contribution in [0, 0.1) is 0 Å². The number of ether oxygens (including phenoxy) is 1. The highest BCUT2D eigenvalue weighted by Gasteiger charge is 2.10. The Morgan fingerprint density at radius 1 is 1.10 bits per heavy atom. The Hall–Kier alpha value is -1.48. The fourth-order valence-electron chi connectivity index (χ4n) is 2.54. The third kappa shape index (κ3) is 4.50. The van der Waals surface area contributed by atoms with Crippen molar-refractivity contribution in [3.05, 3.63) is 46.3 Å². The summed E-state index contributed by atoms with van der Waals surface area (Å²) >= 11 is 1.74. The summed E-state index contributed by atoms with van der Waals surface area (Å²) in [7, 11) is 1.72. The number of thiophene rings is 1. The lowest BCUT2D eigenvalue weighted by molar-refractivity contribution is 0.410. The van der Waals surface area contributed by atoms with Crippen LogP contribution >= 0.6 is 11.3 Å². The van der Waals surface area contributed by atoms with Crippen LogP contribution in [0.15, 0.2) is 30.3 Å². The lowest BCUT2D eigenvalue weighted by Crippen LogP contribution is -1.94. The molecule has 0 amide bonds. The van der Waals surface area contributed by atoms with Gasteiger partial charge in [-0.1, -0.05) is 44.4 Å². The van der Waals surface area contributed by atoms with Gasteiger partial charge in [-0.2, -0.15) is 0 Å². The summed E-state index contributed by atoms with van der Waals surface area (Å²) < 4.78 is 5.42. The van der Waals surface area contributed by atoms with Crippen molar-refractivity contribution in [3.8, 4) is 5.75 Å². The van der Waals surface area contributed by atoms with Crippen molar-refractivity contribution in [1.29, 1.82) is 0 Å². The van der Waals surface area contributed by atoms with E-state index in [1.165, 1.54) is 41.7 Å². The zero-order chi connectivity index (χ0) is 15.1. The average molecular weight is 303 g/mol. The molecule has 21 heavy (non-hydrogen) atoms. The zero-order valence-electron chi connectivity index (χ0n) is 13.0. The van der Waals surface area contributed by atoms with Gasteiger partial charge in [-0.15, -0.1) is 11.3 Å². The lowest BCUT2D eigenvalue weighted by Gasteiger charge is -2.07. The van der Waals surface area contributed by atoms with Gasteiger partial charge < -0.3 is 10.5 Å². The van der Waals surface area contributed by atoms with Crippen LogP contribution in [0.5, 0.6) is 5.75 Å². The molecule has 1 aromatic carbocycles. The molecule has 0 spiro atoms. The number of hydrogen-bond donors (Lipinski definition) is 1. The van der Waals surface area contributed by atoms with Gasteiger partial charge in [-0.3, -0.25) is 0 Å². The fraction of sp³-hybridized carbons (Fsp3) is 0.444. The molecular formula is C18H25NOS. The first-order chi connectivity index (χ1) is 10.2. The van der Waals surface area contributed by atoms with Crippen LogP contribution in [-0.2, 0) is 12.8 Å². The molecule has 2 nitrogen and oxygen atoms in total. The number of para-hydroxylation sites is 1. The Balaban J connectivity index is 2.02. The number of methoxy groups -OCH3 is 1. The summed E-state index contributed by atoms with van der Waals surface area (Å²) in [6.45, 7) is 2.24. The van der Waals surface area contributed by atoms with E-state index >= 15 is 0 Å². The molecule has 0 saturated heterocycles. The third-order valence-electron chi connectivity index (χ3n) is 3.74. The van der Waals surface area contributed by atoms with E-state index in [1.54, 1.807) is 18.4 Å². The normalized spacial score (nSPS) is 10.8. The third-order valence-corrected chi connectivity index (χ3v) is 4.81. The van der Waals surface area contributed by atoms with Gasteiger partial charge in [0.15, 0.2) is 0 Å². The first-order valence-corrected chi connectivity index (χ1v) is 8.55. The maximum atomic E-state index is 6.19. The Morgan fingerprint density at radius 3 is 2.67 bits per heavy atom. The largest absolute Gasteiger partial charge is 0.496 e. The summed E-state index contributed by atoms with van der Waals surface area (Å²) in [5, 5.41) is 0.950. The van der Waals surface area contributed by atoms with Crippen LogP contribution in [0.25, 0.3) is 0 Å². The van der Waals surface area contributed by atoms with E-state index in [0.717, 1.165) is 23.6 Å². The molecule has 0 unspecified atom stereocenters. The fourth-order valence-corrected chi connectivity index (χ4v) is 3.54. The number of nitrogens with two attached hydrogens (primary N) is 1. The molecule has 0 aliphatic carbocycles. The number of hydrogen-bond acceptors (Lipinski definition) is 3. The predicted octanol–water partition coefficient (Wildman–Crippen LogP) is 5.05. The van der Waals surface area contributed by atoms with Crippen LogP contribution in [0.4, 0.5) is 5.00 Å². The number of aryl methyl sites for hydroxylation is 1. The van der Waals surface area contributed by atoms with Crippen molar-refractivity contribution in [2.75, 3.05) is 12.8 Å². The van der Waals surface area contributed by atoms with Crippen molar-refractivity contribution in [1.82, 2.24) is 0 Å². The molecule has 0 aliphatic rings. The molecule has 2 N–H and O–H groups in total. The minimum Gasteiger partial charge on any atom is -0.496 e. The topological polar surface area (TPSA) is 35.2 Å². The Labute approximate surface area is 132 Å². The van der Waals surface area contributed by atoms with Gasteiger partial charge in [-0.05, 0) is 36.1 Å². The molecule has 114 valence electrons. The van der Waals surface area contributed by atoms with Crippen LogP contribution in [-0.4, -0.2) is 7.11 Å². The van der Waals surface area contributed by atoms with Crippen LogP contribution < -0.4 is 10.5 Å². The highest BCUT2D eigenvalue weighted by Crippen LogP contribution is 2.30. The Morgan fingerprint density at radius 2 is 1.90 bits per heavy atom. The monoisotopic (exact) mass is 303 g/mol. The SMILES string of the molecule is CCCCCCc1cc(Cc2ccccc2OC)c(N)s1. The van der Waals surface area contributed by atoms with Gasteiger partial charge in [0, 0.05) is 11.3 Å². The first-order valence-electron chi connectivity index (χ1n) is 7.73. The minimum atomic E-state index is 0.849. The van der Waals surface area contributed by atoms with Crippen molar-refractivity contribution in [3.63, 3.8) is 0 Å². The molecule has 0 radical (unpaired) electrons. The molecule has 1 aromatic heterocycles. The highest BCUT2D eigenvalue weighted by molar-refractivity contribution is 7.16. The Bertz CT molecular complexity index is 562. The quantitative estimate of drug-likeness (QED) is 0.692. The number of anilines is 1. The van der Waals surface area contributed by atoms with E-state index in [2.05, 4.69) is 19.1 Å². The predicted molar refractivity (Wildman–Crippen MR) is 92.4 cm³/mol. The lowest BCUT2D eigenvalue weighted by atomic mass is 10.0. The molecule has 0 aliphatic heterocycles. The highest BCUT2D eigenvalue weighted by atomic mass is 32.1. The summed E-state index contributed by atoms with van der Waals surface area (Å²) in [6, 6.07) is 10.4. The zero-order valence-corrected chi connectivity index (χ0v) is 13.8. The molecule has 0 saturated carbocycles. The average Bonchev–Trinajstić information content (AvgIpc) is 2.84. The molecule has 0 fully saturated rings. The summed E-state index contributed by atoms with van der Waals surface area (Å²) in [5.74, 6) is 0.938. The van der Waals surface area contributed by atoms with Gasteiger partial charge in [0.1, 0.15) is 5.75 Å². The summed E-state index contributed by atoms with van der Waals surface area (Å²) in [5.41, 5.74) is 8.62. The molecule has 2 aromatic rings. The van der Waals surface area contributed by atoms with E-state index in [0.29, 0.717) is 0 Å². The standard InChI is InChI=1S/C18H25NOS/c1-3-4-5-6-10-16-13-15(18(19)21-16)12-14-9-7-8-11-17(14)20-2/h7-9,11,13H,3-6,10,12,19H2,1-2H3. The second kappa shape index (κ2) is 8.08. The van der Waals surface area contributed by atoms with Gasteiger partial charge in [-0.25, -0.2) is 0 Å². The van der Waals surface area contributed by atoms with E-state index in [-0.39, 0.29) is 0 Å². The smallest absolute Gasteiger partial charge is 0.122 e. The van der Waals surface area contributed by atoms with Crippen molar-refractivity contribution >= 4 is 16.3 Å². The van der Waals surface area contributed by atoms with E-state index in [1.807, 2.05) is 18.2 Å². The number of unbranched alkanes of at least 4 members (excludes halogenated alkanes) is 3. The van der Waals surface area contributed by atoms with E-state index in [9.17, 15) is 0 Å². The second-order valence-electron chi connectivity index (χ2n) is 5.40. The number of rotatable bonds is 8. The van der Waals surface area contributed by atoms with Crippen molar-refractivity contribution in [2.24, 2.45) is 0 Å². The molecule has 1 heterocycles. The first kappa shape index (κ1) is 15.9. The number of nitrogen functional groups attached to an aromatic ring is 1. The van der Waals surface area contributed by atoms with E-state index in [4.69, 9.17) is 10.5 Å². The molecule has 0 atom stereocenters. The summed E-state index contributed by atoms with van der Waals surface area (Å²) in [6.07, 6.45) is 7.20. The number of benzene rings is 1. The van der Waals surface area contributed by atoms with Gasteiger partial charge >= 0.3 is 0 Å². The van der Waals surface area contributed by atoms with E-state index < -0.39 is 0 Å². The van der Waals surface area contributed by atoms with Gasteiger partial charge in [0.2, 0.25) is 0 Å². The molecule has 0 bridgehead atoms. The summed E-state index contributed by atoms with van der Waals surface area (Å²) in [4.78, 5) is 1.41. The van der Waals surface area contributed by atoms with Gasteiger partial charge in [0.05, 0.1) is 12.1 Å². The van der Waals surface area contributed by atoms with Crippen molar-refractivity contribution in [2.45, 2.75) is 45.4 Å².